The predicted molar refractivity (Wildman–Crippen MR) is 307 cm³/mol. The lowest BCUT2D eigenvalue weighted by Crippen LogP contribution is -2.66. The van der Waals surface area contributed by atoms with E-state index in [1.54, 1.807) is 38.3 Å². The molecule has 4 rings (SSSR count). The van der Waals surface area contributed by atoms with Gasteiger partial charge in [-0.2, -0.15) is 23.5 Å². The van der Waals surface area contributed by atoms with E-state index in [1.165, 1.54) is 11.8 Å². The Morgan fingerprint density at radius 3 is 1.62 bits per heavy atom. The van der Waals surface area contributed by atoms with Crippen LogP contribution in [0, 0.1) is 11.8 Å². The fraction of sp³-hybridized carbons (Fsp3) is 0.722. The molecule has 81 heavy (non-hydrogen) atoms. The summed E-state index contributed by atoms with van der Waals surface area (Å²) in [5.74, 6) is -4.09. The number of nitrogens with two attached hydrogens (primary N) is 1. The van der Waals surface area contributed by atoms with Gasteiger partial charge >= 0.3 is 17.9 Å². The van der Waals surface area contributed by atoms with E-state index >= 15 is 0 Å². The van der Waals surface area contributed by atoms with Crippen LogP contribution in [-0.4, -0.2) is 256 Å². The van der Waals surface area contributed by atoms with Crippen molar-refractivity contribution in [1.29, 1.82) is 0 Å². The number of thioether (sulfide) groups is 2. The predicted octanol–water partition coefficient (Wildman–Crippen LogP) is -0.392. The van der Waals surface area contributed by atoms with E-state index in [4.69, 9.17) is 10.7 Å². The average Bonchev–Trinajstić information content (AvgIpc) is 3.40. The van der Waals surface area contributed by atoms with Crippen LogP contribution in [0.25, 0.3) is 0 Å². The fourth-order valence-corrected chi connectivity index (χ4v) is 11.7. The molecule has 25 nitrogen and oxygen atoms in total. The van der Waals surface area contributed by atoms with Gasteiger partial charge in [-0.15, -0.1) is 0 Å². The minimum absolute atomic E-state index is 0.00779. The van der Waals surface area contributed by atoms with Gasteiger partial charge in [0, 0.05) is 120 Å². The second-order valence-corrected chi connectivity index (χ2v) is 24.0. The SMILES string of the molecule is CC[C@H](C)[C@H](NC(=O)[C@H](CC(C)C)NC(=O)C1(NC(=O)CCSCc2cccc(CSCCC(=O)NC3CCN(CC=O)CC3)n2)CCN(C(=O)CN2CCN(CC(=O)O)CCN(CC(=O)O)CCN(CC(=O)O)CC2)CC1)C(N)=O. The van der Waals surface area contributed by atoms with Crippen molar-refractivity contribution in [3.63, 3.8) is 0 Å². The first-order valence-electron chi connectivity index (χ1n) is 28.2. The standard InChI is InChI=1S/C54H88N12O13S2/c1-5-39(4)50(51(55)77)59-52(78)43(31-38(2)3)58-53(79)54(60-45(69)12-30-81-37-42-8-6-7-41(56-42)36-80-29-11-44(68)57-40-9-15-61(16-10-40)27-28-67)13-17-66(18-14-54)46(70)32-62-19-21-63(33-47(71)72)23-25-65(35-49(75)76)26-24-64(22-20-62)34-48(73)74/h6-8,28,38-40,43,50H,5,9-27,29-37H2,1-4H3,(H2,55,77)(H,57,68)(H,58,79)(H,59,78)(H,60,69)(H,71,72)(H,73,74)(H,75,76)/t39-,43-,50-/m0/s1. The van der Waals surface area contributed by atoms with E-state index in [2.05, 4.69) is 26.2 Å². The highest BCUT2D eigenvalue weighted by Crippen LogP contribution is 2.26. The lowest BCUT2D eigenvalue weighted by molar-refractivity contribution is -0.142. The van der Waals surface area contributed by atoms with Crippen molar-refractivity contribution < 1.29 is 63.3 Å². The first-order chi connectivity index (χ1) is 38.6. The van der Waals surface area contributed by atoms with E-state index in [0.29, 0.717) is 42.4 Å². The van der Waals surface area contributed by atoms with Gasteiger partial charge in [-0.3, -0.25) is 72.6 Å². The van der Waals surface area contributed by atoms with Crippen LogP contribution >= 0.6 is 23.5 Å². The molecule has 454 valence electrons. The van der Waals surface area contributed by atoms with Crippen LogP contribution in [0.2, 0.25) is 0 Å². The van der Waals surface area contributed by atoms with Crippen LogP contribution in [0.4, 0.5) is 0 Å². The Kier molecular flexibility index (Phi) is 29.8. The van der Waals surface area contributed by atoms with Crippen molar-refractivity contribution in [3.8, 4) is 0 Å². The second kappa shape index (κ2) is 35.5. The lowest BCUT2D eigenvalue weighted by Gasteiger charge is -2.42. The minimum Gasteiger partial charge on any atom is -0.480 e. The van der Waals surface area contributed by atoms with E-state index < -0.39 is 59.2 Å². The molecule has 6 amide bonds. The first kappa shape index (κ1) is 68.1. The number of aldehydes is 1. The molecular formula is C54H88N12O13S2. The topological polar surface area (TPSA) is 338 Å². The summed E-state index contributed by atoms with van der Waals surface area (Å²) < 4.78 is 0. The third-order valence-corrected chi connectivity index (χ3v) is 16.9. The second-order valence-electron chi connectivity index (χ2n) is 21.8. The number of primary amides is 1. The molecular weight excluding hydrogens is 1090 g/mol. The number of rotatable bonds is 31. The average molecular weight is 1180 g/mol. The molecule has 3 aliphatic rings. The summed E-state index contributed by atoms with van der Waals surface area (Å²) >= 11 is 3.11. The van der Waals surface area contributed by atoms with Crippen LogP contribution in [0.15, 0.2) is 18.2 Å². The summed E-state index contributed by atoms with van der Waals surface area (Å²) in [4.78, 5) is 143. The maximum absolute atomic E-state index is 14.7. The van der Waals surface area contributed by atoms with Crippen molar-refractivity contribution in [2.24, 2.45) is 17.6 Å². The maximum Gasteiger partial charge on any atom is 0.317 e. The number of carboxylic acids is 3. The number of hydrogen-bond acceptors (Lipinski definition) is 18. The Balaban J connectivity index is 1.42. The van der Waals surface area contributed by atoms with E-state index in [9.17, 15) is 63.3 Å². The van der Waals surface area contributed by atoms with Crippen molar-refractivity contribution in [3.05, 3.63) is 29.6 Å². The number of amides is 6. The monoisotopic (exact) mass is 1180 g/mol. The smallest absolute Gasteiger partial charge is 0.317 e. The molecule has 0 spiro atoms. The molecule has 27 heteroatoms. The van der Waals surface area contributed by atoms with Gasteiger partial charge in [0.05, 0.1) is 44.1 Å². The number of piperidine rings is 2. The van der Waals surface area contributed by atoms with Crippen molar-refractivity contribution in [2.45, 2.75) is 114 Å². The van der Waals surface area contributed by atoms with Gasteiger partial charge in [-0.1, -0.05) is 40.2 Å². The summed E-state index contributed by atoms with van der Waals surface area (Å²) in [6.07, 6.45) is 3.70. The van der Waals surface area contributed by atoms with Crippen molar-refractivity contribution in [2.75, 3.05) is 123 Å². The molecule has 0 aromatic carbocycles. The molecule has 4 heterocycles. The zero-order chi connectivity index (χ0) is 59.5. The highest BCUT2D eigenvalue weighted by Gasteiger charge is 2.45. The Labute approximate surface area is 484 Å². The van der Waals surface area contributed by atoms with Gasteiger partial charge in [-0.05, 0) is 56.1 Å². The van der Waals surface area contributed by atoms with Gasteiger partial charge in [0.25, 0.3) is 0 Å². The molecule has 3 saturated heterocycles. The first-order valence-corrected chi connectivity index (χ1v) is 30.5. The molecule has 0 unspecified atom stereocenters. The number of aliphatic carboxylic acids is 3. The third kappa shape index (κ3) is 25.3. The van der Waals surface area contributed by atoms with E-state index in [1.807, 2.05) is 43.9 Å². The third-order valence-electron chi connectivity index (χ3n) is 14.9. The molecule has 0 saturated carbocycles. The van der Waals surface area contributed by atoms with Crippen LogP contribution in [0.5, 0.6) is 0 Å². The fourth-order valence-electron chi connectivity index (χ4n) is 9.97. The Morgan fingerprint density at radius 2 is 1.17 bits per heavy atom. The van der Waals surface area contributed by atoms with Crippen LogP contribution in [0.3, 0.4) is 0 Å². The summed E-state index contributed by atoms with van der Waals surface area (Å²) in [5.41, 5.74) is 5.83. The molecule has 3 atom stereocenters. The van der Waals surface area contributed by atoms with Crippen LogP contribution < -0.4 is 27.0 Å². The molecule has 3 aliphatic heterocycles. The molecule has 3 fully saturated rings. The Hall–Kier alpha value is -5.45. The molecule has 1 aromatic rings. The quantitative estimate of drug-likeness (QED) is 0.0347. The number of carbonyl (C=O) groups is 10. The van der Waals surface area contributed by atoms with Crippen molar-refractivity contribution >= 4 is 83.2 Å². The van der Waals surface area contributed by atoms with Gasteiger partial charge < -0.3 is 52.0 Å². The maximum atomic E-state index is 14.7. The number of carboxylic acid groups (broad SMARTS) is 3. The molecule has 9 N–H and O–H groups in total. The van der Waals surface area contributed by atoms with Gasteiger partial charge in [-0.25, -0.2) is 0 Å². The zero-order valence-corrected chi connectivity index (χ0v) is 49.3. The number of hydrogen-bond donors (Lipinski definition) is 8. The number of pyridine rings is 1. The minimum atomic E-state index is -1.55. The highest BCUT2D eigenvalue weighted by molar-refractivity contribution is 7.98. The molecule has 0 radical (unpaired) electrons. The highest BCUT2D eigenvalue weighted by atomic mass is 32.2. The van der Waals surface area contributed by atoms with E-state index in [0.717, 1.165) is 43.6 Å². The Bertz CT molecular complexity index is 2220. The van der Waals surface area contributed by atoms with Gasteiger partial charge in [0.15, 0.2) is 0 Å². The summed E-state index contributed by atoms with van der Waals surface area (Å²) in [6.45, 7) is 10.2. The number of nitrogens with zero attached hydrogens (tertiary/aromatic N) is 7. The number of nitrogens with one attached hydrogen (secondary N) is 4. The van der Waals surface area contributed by atoms with Gasteiger partial charge in [0.1, 0.15) is 23.9 Å². The molecule has 1 aromatic heterocycles. The normalized spacial score (nSPS) is 18.8. The van der Waals surface area contributed by atoms with Crippen molar-refractivity contribution in [1.82, 2.24) is 55.7 Å². The number of aromatic nitrogens is 1. The summed E-state index contributed by atoms with van der Waals surface area (Å²) in [5, 5.41) is 40.6. The van der Waals surface area contributed by atoms with E-state index in [-0.39, 0.29) is 147 Å². The van der Waals surface area contributed by atoms with Crippen LogP contribution in [-0.2, 0) is 59.5 Å². The molecule has 0 aliphatic carbocycles. The zero-order valence-electron chi connectivity index (χ0n) is 47.7. The number of carbonyl (C=O) groups excluding carboxylic acids is 7. The molecule has 0 bridgehead atoms. The lowest BCUT2D eigenvalue weighted by atomic mass is 9.85. The number of likely N-dealkylation sites (tertiary alicyclic amines) is 2. The Morgan fingerprint density at radius 1 is 0.691 bits per heavy atom. The summed E-state index contributed by atoms with van der Waals surface area (Å²) in [6, 6.07) is 3.79. The summed E-state index contributed by atoms with van der Waals surface area (Å²) in [7, 11) is 0. The van der Waals surface area contributed by atoms with Gasteiger partial charge in [0.2, 0.25) is 35.4 Å². The van der Waals surface area contributed by atoms with Crippen LogP contribution in [0.1, 0.15) is 90.4 Å². The largest absolute Gasteiger partial charge is 0.480 e.